The van der Waals surface area contributed by atoms with Gasteiger partial charge in [-0.1, -0.05) is 24.3 Å². The molecular formula is C22H27N5O2. The molecule has 0 fully saturated rings. The summed E-state index contributed by atoms with van der Waals surface area (Å²) in [4.78, 5) is 18.1. The zero-order valence-corrected chi connectivity index (χ0v) is 17.1. The Labute approximate surface area is 171 Å². The molecule has 0 aliphatic carbocycles. The standard InChI is InChI=1S/C22H27N5O2/c1-17-6-4-7-21(14-17)29-13-5-12-24-22(28)26(3)18(2)19-8-10-20(11-9-19)27-16-23-15-25-27/h4,6-11,14-16,18H,5,12-13H2,1-3H3,(H,24,28). The van der Waals surface area contributed by atoms with E-state index < -0.39 is 0 Å². The fraction of sp³-hybridized carbons (Fsp3) is 0.318. The molecule has 3 rings (SSSR count). The largest absolute Gasteiger partial charge is 0.494 e. The van der Waals surface area contributed by atoms with E-state index in [1.54, 1.807) is 23.0 Å². The lowest BCUT2D eigenvalue weighted by molar-refractivity contribution is 0.193. The number of rotatable bonds is 8. The van der Waals surface area contributed by atoms with Crippen molar-refractivity contribution in [3.8, 4) is 11.4 Å². The third-order valence-corrected chi connectivity index (χ3v) is 4.82. The van der Waals surface area contributed by atoms with Crippen LogP contribution in [0.1, 0.15) is 30.5 Å². The zero-order valence-electron chi connectivity index (χ0n) is 17.1. The highest BCUT2D eigenvalue weighted by molar-refractivity contribution is 5.74. The minimum absolute atomic E-state index is 0.0525. The number of carbonyl (C=O) groups excluding carboxylic acids is 1. The maximum atomic E-state index is 12.4. The van der Waals surface area contributed by atoms with Crippen molar-refractivity contribution in [1.29, 1.82) is 0 Å². The summed E-state index contributed by atoms with van der Waals surface area (Å²) in [6.07, 6.45) is 3.90. The number of benzene rings is 2. The van der Waals surface area contributed by atoms with Crippen LogP contribution in [0, 0.1) is 6.92 Å². The van der Waals surface area contributed by atoms with Crippen LogP contribution < -0.4 is 10.1 Å². The second-order valence-electron chi connectivity index (χ2n) is 6.97. The molecule has 1 aromatic heterocycles. The number of hydrogen-bond donors (Lipinski definition) is 1. The van der Waals surface area contributed by atoms with Gasteiger partial charge < -0.3 is 15.0 Å². The van der Waals surface area contributed by atoms with Gasteiger partial charge >= 0.3 is 6.03 Å². The molecule has 7 nitrogen and oxygen atoms in total. The van der Waals surface area contributed by atoms with Crippen LogP contribution >= 0.6 is 0 Å². The normalized spacial score (nSPS) is 11.7. The molecule has 0 aliphatic heterocycles. The van der Waals surface area contributed by atoms with E-state index in [-0.39, 0.29) is 12.1 Å². The van der Waals surface area contributed by atoms with Gasteiger partial charge in [-0.3, -0.25) is 0 Å². The third-order valence-electron chi connectivity index (χ3n) is 4.82. The van der Waals surface area contributed by atoms with Crippen LogP contribution in [0.25, 0.3) is 5.69 Å². The first kappa shape index (κ1) is 20.4. The Morgan fingerprint density at radius 2 is 2.03 bits per heavy atom. The van der Waals surface area contributed by atoms with E-state index in [4.69, 9.17) is 4.74 Å². The molecule has 0 aliphatic rings. The van der Waals surface area contributed by atoms with Crippen molar-refractivity contribution in [2.24, 2.45) is 0 Å². The van der Waals surface area contributed by atoms with Crippen molar-refractivity contribution in [3.05, 3.63) is 72.3 Å². The Morgan fingerprint density at radius 1 is 1.24 bits per heavy atom. The van der Waals surface area contributed by atoms with Gasteiger partial charge in [-0.2, -0.15) is 5.10 Å². The smallest absolute Gasteiger partial charge is 0.317 e. The lowest BCUT2D eigenvalue weighted by atomic mass is 10.1. The van der Waals surface area contributed by atoms with Crippen molar-refractivity contribution >= 4 is 6.03 Å². The number of nitrogens with zero attached hydrogens (tertiary/aromatic N) is 4. The van der Waals surface area contributed by atoms with Crippen LogP contribution in [0.3, 0.4) is 0 Å². The summed E-state index contributed by atoms with van der Waals surface area (Å²) < 4.78 is 7.41. The third kappa shape index (κ3) is 5.57. The van der Waals surface area contributed by atoms with E-state index in [9.17, 15) is 4.79 Å². The zero-order chi connectivity index (χ0) is 20.6. The Kier molecular flexibility index (Phi) is 6.84. The average molecular weight is 393 g/mol. The van der Waals surface area contributed by atoms with Gasteiger partial charge in [-0.15, -0.1) is 0 Å². The summed E-state index contributed by atoms with van der Waals surface area (Å²) in [5.41, 5.74) is 3.15. The van der Waals surface area contributed by atoms with Crippen molar-refractivity contribution in [2.45, 2.75) is 26.3 Å². The number of carbonyl (C=O) groups is 1. The summed E-state index contributed by atoms with van der Waals surface area (Å²) in [6.45, 7) is 5.16. The second-order valence-corrected chi connectivity index (χ2v) is 6.97. The molecule has 3 aromatic rings. The van der Waals surface area contributed by atoms with Crippen LogP contribution in [0.4, 0.5) is 4.79 Å². The van der Waals surface area contributed by atoms with Crippen molar-refractivity contribution in [2.75, 3.05) is 20.2 Å². The molecule has 1 N–H and O–H groups in total. The molecule has 1 heterocycles. The number of aromatic nitrogens is 3. The van der Waals surface area contributed by atoms with E-state index in [0.717, 1.165) is 23.4 Å². The highest BCUT2D eigenvalue weighted by atomic mass is 16.5. The molecule has 2 aromatic carbocycles. The van der Waals surface area contributed by atoms with Gasteiger partial charge in [-0.25, -0.2) is 14.5 Å². The summed E-state index contributed by atoms with van der Waals surface area (Å²) >= 11 is 0. The lowest BCUT2D eigenvalue weighted by Crippen LogP contribution is -2.39. The number of aryl methyl sites for hydroxylation is 1. The maximum absolute atomic E-state index is 12.4. The molecule has 0 bridgehead atoms. The highest BCUT2D eigenvalue weighted by Crippen LogP contribution is 2.20. The molecule has 1 atom stereocenters. The fourth-order valence-electron chi connectivity index (χ4n) is 2.93. The van der Waals surface area contributed by atoms with Gasteiger partial charge in [0, 0.05) is 13.6 Å². The van der Waals surface area contributed by atoms with E-state index in [1.165, 1.54) is 11.9 Å². The molecule has 2 amide bonds. The molecule has 7 heteroatoms. The number of nitrogens with one attached hydrogen (secondary N) is 1. The number of ether oxygens (including phenoxy) is 1. The molecule has 1 unspecified atom stereocenters. The van der Waals surface area contributed by atoms with Crippen molar-refractivity contribution in [3.63, 3.8) is 0 Å². The Balaban J connectivity index is 1.43. The van der Waals surface area contributed by atoms with Gasteiger partial charge in [0.1, 0.15) is 18.4 Å². The first-order valence-electron chi connectivity index (χ1n) is 9.69. The predicted octanol–water partition coefficient (Wildman–Crippen LogP) is 3.75. The van der Waals surface area contributed by atoms with E-state index >= 15 is 0 Å². The van der Waals surface area contributed by atoms with Crippen molar-refractivity contribution in [1.82, 2.24) is 25.0 Å². The summed E-state index contributed by atoms with van der Waals surface area (Å²) in [5, 5.41) is 7.07. The number of hydrogen-bond acceptors (Lipinski definition) is 4. The van der Waals surface area contributed by atoms with Gasteiger partial charge in [-0.05, 0) is 55.7 Å². The average Bonchev–Trinajstić information content (AvgIpc) is 3.27. The molecule has 0 saturated carbocycles. The molecule has 0 spiro atoms. The SMILES string of the molecule is Cc1cccc(OCCCNC(=O)N(C)C(C)c2ccc(-n3cncn3)cc2)c1. The lowest BCUT2D eigenvalue weighted by Gasteiger charge is -2.25. The van der Waals surface area contributed by atoms with Gasteiger partial charge in [0.2, 0.25) is 0 Å². The molecular weight excluding hydrogens is 366 g/mol. The summed E-state index contributed by atoms with van der Waals surface area (Å²) in [5.74, 6) is 0.858. The van der Waals surface area contributed by atoms with Crippen LogP contribution in [-0.4, -0.2) is 45.9 Å². The first-order chi connectivity index (χ1) is 14.0. The van der Waals surface area contributed by atoms with Crippen LogP contribution in [0.5, 0.6) is 5.75 Å². The topological polar surface area (TPSA) is 72.3 Å². The first-order valence-corrected chi connectivity index (χ1v) is 9.69. The van der Waals surface area contributed by atoms with E-state index in [2.05, 4.69) is 15.4 Å². The highest BCUT2D eigenvalue weighted by Gasteiger charge is 2.17. The predicted molar refractivity (Wildman–Crippen MR) is 112 cm³/mol. The number of urea groups is 1. The molecule has 0 radical (unpaired) electrons. The molecule has 29 heavy (non-hydrogen) atoms. The van der Waals surface area contributed by atoms with Crippen molar-refractivity contribution < 1.29 is 9.53 Å². The Bertz CT molecular complexity index is 909. The minimum atomic E-state index is -0.103. The van der Waals surface area contributed by atoms with Gasteiger partial charge in [0.05, 0.1) is 18.3 Å². The number of amides is 2. The Hall–Kier alpha value is -3.35. The second kappa shape index (κ2) is 9.73. The van der Waals surface area contributed by atoms with Gasteiger partial charge in [0.25, 0.3) is 0 Å². The quantitative estimate of drug-likeness (QED) is 0.592. The van der Waals surface area contributed by atoms with Gasteiger partial charge in [0.15, 0.2) is 0 Å². The minimum Gasteiger partial charge on any atom is -0.494 e. The monoisotopic (exact) mass is 393 g/mol. The van der Waals surface area contributed by atoms with Crippen LogP contribution in [0.15, 0.2) is 61.2 Å². The molecule has 152 valence electrons. The van der Waals surface area contributed by atoms with E-state index in [1.807, 2.05) is 62.4 Å². The Morgan fingerprint density at radius 3 is 2.72 bits per heavy atom. The van der Waals surface area contributed by atoms with Crippen LogP contribution in [-0.2, 0) is 0 Å². The summed E-state index contributed by atoms with van der Waals surface area (Å²) in [6, 6.07) is 15.7. The fourth-order valence-corrected chi connectivity index (χ4v) is 2.93. The van der Waals surface area contributed by atoms with E-state index in [0.29, 0.717) is 13.2 Å². The van der Waals surface area contributed by atoms with Crippen LogP contribution in [0.2, 0.25) is 0 Å². The molecule has 0 saturated heterocycles. The summed E-state index contributed by atoms with van der Waals surface area (Å²) in [7, 11) is 1.80. The maximum Gasteiger partial charge on any atom is 0.317 e.